The number of halogens is 3. The molecule has 1 aliphatic rings. The van der Waals surface area contributed by atoms with Crippen molar-refractivity contribution < 1.29 is 18.3 Å². The van der Waals surface area contributed by atoms with Crippen molar-refractivity contribution in [2.24, 2.45) is 0 Å². The fourth-order valence-corrected chi connectivity index (χ4v) is 1.17. The lowest BCUT2D eigenvalue weighted by atomic mass is 10.0. The molecule has 1 unspecified atom stereocenters. The highest BCUT2D eigenvalue weighted by molar-refractivity contribution is 5.08. The minimum absolute atomic E-state index is 0.0109. The third-order valence-electron chi connectivity index (χ3n) is 2.86. The van der Waals surface area contributed by atoms with Crippen LogP contribution in [0.5, 0.6) is 0 Å². The van der Waals surface area contributed by atoms with Crippen molar-refractivity contribution >= 4 is 0 Å². The Hall–Kier alpha value is -0.290. The first kappa shape index (κ1) is 11.8. The van der Waals surface area contributed by atoms with E-state index in [0.29, 0.717) is 6.42 Å². The Labute approximate surface area is 81.5 Å². The summed E-state index contributed by atoms with van der Waals surface area (Å²) in [6.45, 7) is 3.27. The summed E-state index contributed by atoms with van der Waals surface area (Å²) in [4.78, 5) is 0. The van der Waals surface area contributed by atoms with E-state index in [0.717, 1.165) is 0 Å². The summed E-state index contributed by atoms with van der Waals surface area (Å²) in [7, 11) is 0. The third-order valence-corrected chi connectivity index (χ3v) is 2.86. The van der Waals surface area contributed by atoms with E-state index in [2.05, 4.69) is 5.32 Å². The van der Waals surface area contributed by atoms with E-state index in [-0.39, 0.29) is 19.4 Å². The largest absolute Gasteiger partial charge is 0.406 e. The standard InChI is InChI=1S/C9H16F3NO/c1-3-7(2,14)6-13-8(4-5-8)9(10,11)12/h13-14H,3-6H2,1-2H3. The highest BCUT2D eigenvalue weighted by Crippen LogP contribution is 2.48. The maximum absolute atomic E-state index is 12.4. The molecule has 14 heavy (non-hydrogen) atoms. The van der Waals surface area contributed by atoms with Crippen LogP contribution >= 0.6 is 0 Å². The highest BCUT2D eigenvalue weighted by atomic mass is 19.4. The number of hydrogen-bond donors (Lipinski definition) is 2. The van der Waals surface area contributed by atoms with Gasteiger partial charge in [0.1, 0.15) is 5.54 Å². The first-order valence-corrected chi connectivity index (χ1v) is 4.77. The molecule has 0 spiro atoms. The van der Waals surface area contributed by atoms with Gasteiger partial charge in [-0.25, -0.2) is 0 Å². The van der Waals surface area contributed by atoms with Crippen molar-refractivity contribution in [2.45, 2.75) is 50.4 Å². The van der Waals surface area contributed by atoms with Gasteiger partial charge < -0.3 is 10.4 Å². The summed E-state index contributed by atoms with van der Waals surface area (Å²) in [5, 5.41) is 12.0. The van der Waals surface area contributed by atoms with Crippen LogP contribution in [-0.4, -0.2) is 29.0 Å². The molecule has 5 heteroatoms. The van der Waals surface area contributed by atoms with Gasteiger partial charge in [0.25, 0.3) is 0 Å². The van der Waals surface area contributed by atoms with E-state index in [1.54, 1.807) is 6.92 Å². The Bertz CT molecular complexity index is 209. The van der Waals surface area contributed by atoms with E-state index in [4.69, 9.17) is 0 Å². The molecule has 1 rings (SSSR count). The smallest absolute Gasteiger partial charge is 0.389 e. The molecule has 0 amide bonds. The molecule has 0 bridgehead atoms. The van der Waals surface area contributed by atoms with Gasteiger partial charge in [-0.15, -0.1) is 0 Å². The minimum atomic E-state index is -4.20. The molecule has 0 saturated heterocycles. The monoisotopic (exact) mass is 211 g/mol. The SMILES string of the molecule is CCC(C)(O)CNC1(C(F)(F)F)CC1. The zero-order chi connectivity index (χ0) is 11.0. The van der Waals surface area contributed by atoms with Crippen LogP contribution in [0.2, 0.25) is 0 Å². The first-order valence-electron chi connectivity index (χ1n) is 4.77. The Morgan fingerprint density at radius 1 is 1.36 bits per heavy atom. The number of nitrogens with one attached hydrogen (secondary N) is 1. The quantitative estimate of drug-likeness (QED) is 0.743. The van der Waals surface area contributed by atoms with Gasteiger partial charge in [0.05, 0.1) is 5.60 Å². The lowest BCUT2D eigenvalue weighted by molar-refractivity contribution is -0.168. The molecule has 1 fully saturated rings. The zero-order valence-corrected chi connectivity index (χ0v) is 8.41. The number of hydrogen-bond acceptors (Lipinski definition) is 2. The summed E-state index contributed by atoms with van der Waals surface area (Å²) in [6, 6.07) is 0. The average Bonchev–Trinajstić information content (AvgIpc) is 2.80. The van der Waals surface area contributed by atoms with Crippen molar-refractivity contribution in [1.29, 1.82) is 0 Å². The first-order chi connectivity index (χ1) is 6.22. The lowest BCUT2D eigenvalue weighted by Crippen LogP contribution is -2.50. The van der Waals surface area contributed by atoms with E-state index < -0.39 is 17.3 Å². The zero-order valence-electron chi connectivity index (χ0n) is 8.41. The number of rotatable bonds is 4. The van der Waals surface area contributed by atoms with Gasteiger partial charge in [0.2, 0.25) is 0 Å². The van der Waals surface area contributed by atoms with Gasteiger partial charge in [0.15, 0.2) is 0 Å². The van der Waals surface area contributed by atoms with Crippen LogP contribution in [-0.2, 0) is 0 Å². The molecule has 0 aliphatic heterocycles. The second-order valence-electron chi connectivity index (χ2n) is 4.28. The van der Waals surface area contributed by atoms with Gasteiger partial charge in [-0.1, -0.05) is 6.92 Å². The summed E-state index contributed by atoms with van der Waals surface area (Å²) in [5.41, 5.74) is -2.77. The lowest BCUT2D eigenvalue weighted by Gasteiger charge is -2.27. The maximum Gasteiger partial charge on any atom is 0.406 e. The second-order valence-corrected chi connectivity index (χ2v) is 4.28. The Balaban J connectivity index is 2.46. The molecule has 2 N–H and O–H groups in total. The molecule has 0 aromatic rings. The second kappa shape index (κ2) is 3.38. The Morgan fingerprint density at radius 2 is 1.86 bits per heavy atom. The van der Waals surface area contributed by atoms with Crippen LogP contribution in [0.1, 0.15) is 33.1 Å². The predicted octanol–water partition coefficient (Wildman–Crippen LogP) is 1.83. The van der Waals surface area contributed by atoms with Crippen molar-refractivity contribution in [3.63, 3.8) is 0 Å². The maximum atomic E-state index is 12.4. The molecule has 1 saturated carbocycles. The summed E-state index contributed by atoms with van der Waals surface area (Å²) >= 11 is 0. The predicted molar refractivity (Wildman–Crippen MR) is 46.9 cm³/mol. The average molecular weight is 211 g/mol. The normalized spacial score (nSPS) is 24.4. The highest BCUT2D eigenvalue weighted by Gasteiger charge is 2.63. The van der Waals surface area contributed by atoms with Crippen molar-refractivity contribution in [2.75, 3.05) is 6.54 Å². The molecule has 1 aliphatic carbocycles. The third kappa shape index (κ3) is 2.39. The van der Waals surface area contributed by atoms with Crippen LogP contribution < -0.4 is 5.32 Å². The van der Waals surface area contributed by atoms with Gasteiger partial charge in [-0.2, -0.15) is 13.2 Å². The topological polar surface area (TPSA) is 32.3 Å². The minimum Gasteiger partial charge on any atom is -0.389 e. The van der Waals surface area contributed by atoms with Gasteiger partial charge in [-0.05, 0) is 26.2 Å². The van der Waals surface area contributed by atoms with Crippen molar-refractivity contribution in [3.05, 3.63) is 0 Å². The summed E-state index contributed by atoms with van der Waals surface area (Å²) in [5.74, 6) is 0. The molecule has 1 atom stereocenters. The summed E-state index contributed by atoms with van der Waals surface area (Å²) in [6.07, 6.45) is -3.52. The van der Waals surface area contributed by atoms with Crippen LogP contribution in [0.15, 0.2) is 0 Å². The molecule has 2 nitrogen and oxygen atoms in total. The van der Waals surface area contributed by atoms with Crippen LogP contribution in [0.25, 0.3) is 0 Å². The molecule has 0 aromatic heterocycles. The van der Waals surface area contributed by atoms with E-state index in [1.807, 2.05) is 0 Å². The molecular formula is C9H16F3NO. The fraction of sp³-hybridized carbons (Fsp3) is 1.00. The molecule has 0 radical (unpaired) electrons. The van der Waals surface area contributed by atoms with E-state index in [9.17, 15) is 18.3 Å². The fourth-order valence-electron chi connectivity index (χ4n) is 1.17. The molecular weight excluding hydrogens is 195 g/mol. The molecule has 84 valence electrons. The van der Waals surface area contributed by atoms with Crippen molar-refractivity contribution in [3.8, 4) is 0 Å². The van der Waals surface area contributed by atoms with Crippen LogP contribution in [0, 0.1) is 0 Å². The number of aliphatic hydroxyl groups is 1. The Morgan fingerprint density at radius 3 is 2.14 bits per heavy atom. The summed E-state index contributed by atoms with van der Waals surface area (Å²) < 4.78 is 37.3. The molecule has 0 aromatic carbocycles. The van der Waals surface area contributed by atoms with Gasteiger partial charge >= 0.3 is 6.18 Å². The van der Waals surface area contributed by atoms with Gasteiger partial charge in [-0.3, -0.25) is 0 Å². The van der Waals surface area contributed by atoms with Crippen LogP contribution in [0.4, 0.5) is 13.2 Å². The van der Waals surface area contributed by atoms with E-state index >= 15 is 0 Å². The van der Waals surface area contributed by atoms with Crippen LogP contribution in [0.3, 0.4) is 0 Å². The number of alkyl halides is 3. The Kier molecular flexibility index (Phi) is 2.84. The molecule has 0 heterocycles. The van der Waals surface area contributed by atoms with E-state index in [1.165, 1.54) is 6.92 Å². The number of β-amino-alcohol motifs (C(OH)–C–C–N with tert-alkyl or cyclic N) is 1. The van der Waals surface area contributed by atoms with Gasteiger partial charge in [0, 0.05) is 6.54 Å². The van der Waals surface area contributed by atoms with Crippen molar-refractivity contribution in [1.82, 2.24) is 5.32 Å².